The van der Waals surface area contributed by atoms with Gasteiger partial charge in [0.2, 0.25) is 0 Å². The Kier molecular flexibility index (Phi) is 4.75. The molecule has 0 saturated carbocycles. The van der Waals surface area contributed by atoms with E-state index in [9.17, 15) is 30.3 Å². The zero-order chi connectivity index (χ0) is 21.4. The van der Waals surface area contributed by atoms with E-state index in [2.05, 4.69) is 0 Å². The molecule has 30 heavy (non-hydrogen) atoms. The molecule has 1 aliphatic heterocycles. The molecule has 0 amide bonds. The minimum absolute atomic E-state index is 0.1000. The molecule has 0 aromatic heterocycles. The summed E-state index contributed by atoms with van der Waals surface area (Å²) in [6.07, 6.45) is -1.49. The van der Waals surface area contributed by atoms with E-state index in [0.29, 0.717) is 11.1 Å². The lowest BCUT2D eigenvalue weighted by molar-refractivity contribution is -0.0188. The molecule has 0 fully saturated rings. The van der Waals surface area contributed by atoms with Gasteiger partial charge in [0.05, 0.1) is 5.56 Å². The third-order valence-corrected chi connectivity index (χ3v) is 4.86. The molecule has 1 aliphatic rings. The Hall–Kier alpha value is -4.07. The summed E-state index contributed by atoms with van der Waals surface area (Å²) >= 11 is 0. The first-order chi connectivity index (χ1) is 14.3. The van der Waals surface area contributed by atoms with Gasteiger partial charge in [-0.3, -0.25) is 0 Å². The summed E-state index contributed by atoms with van der Waals surface area (Å²) in [6.45, 7) is 0. The number of rotatable bonds is 3. The number of carbonyl (C=O) groups is 1. The third-order valence-electron chi connectivity index (χ3n) is 4.86. The Morgan fingerprint density at radius 2 is 1.57 bits per heavy atom. The summed E-state index contributed by atoms with van der Waals surface area (Å²) in [7, 11) is 0. The molecule has 3 aromatic carbocycles. The van der Waals surface area contributed by atoms with E-state index in [1.807, 2.05) is 6.07 Å². The minimum atomic E-state index is -0.864. The number of fused-ring (bicyclic) bond motifs is 1. The van der Waals surface area contributed by atoms with Gasteiger partial charge in [-0.2, -0.15) is 0 Å². The van der Waals surface area contributed by atoms with Crippen LogP contribution >= 0.6 is 0 Å². The maximum Gasteiger partial charge on any atom is 0.338 e. The number of carbonyl (C=O) groups excluding carboxylic acids is 1. The Morgan fingerprint density at radius 3 is 2.23 bits per heavy atom. The van der Waals surface area contributed by atoms with Crippen molar-refractivity contribution in [2.45, 2.75) is 18.6 Å². The second-order valence-corrected chi connectivity index (χ2v) is 6.90. The second-order valence-electron chi connectivity index (χ2n) is 6.90. The highest BCUT2D eigenvalue weighted by Crippen LogP contribution is 2.43. The molecule has 0 saturated heterocycles. The van der Waals surface area contributed by atoms with Gasteiger partial charge in [-0.25, -0.2) is 4.79 Å². The smallest absolute Gasteiger partial charge is 0.338 e. The van der Waals surface area contributed by atoms with Gasteiger partial charge in [0.1, 0.15) is 23.4 Å². The fourth-order valence-corrected chi connectivity index (χ4v) is 3.40. The molecule has 5 N–H and O–H groups in total. The van der Waals surface area contributed by atoms with E-state index in [4.69, 9.17) is 9.47 Å². The highest BCUT2D eigenvalue weighted by Gasteiger charge is 2.36. The molecule has 4 rings (SSSR count). The maximum absolute atomic E-state index is 12.7. The van der Waals surface area contributed by atoms with Crippen LogP contribution in [0.5, 0.6) is 34.5 Å². The van der Waals surface area contributed by atoms with Crippen LogP contribution in [0.1, 0.15) is 27.6 Å². The van der Waals surface area contributed by atoms with Gasteiger partial charge in [-0.15, -0.1) is 0 Å². The number of aromatic hydroxyl groups is 5. The normalized spacial score (nSPS) is 17.6. The van der Waals surface area contributed by atoms with Gasteiger partial charge in [-0.1, -0.05) is 30.3 Å². The predicted octanol–water partition coefficient (Wildman–Crippen LogP) is 3.12. The average Bonchev–Trinajstić information content (AvgIpc) is 2.72. The highest BCUT2D eigenvalue weighted by molar-refractivity contribution is 5.91. The third kappa shape index (κ3) is 3.50. The van der Waals surface area contributed by atoms with Crippen LogP contribution in [-0.4, -0.2) is 37.6 Å². The molecule has 1 heterocycles. The number of benzene rings is 3. The fourth-order valence-electron chi connectivity index (χ4n) is 3.40. The lowest BCUT2D eigenvalue weighted by atomic mass is 9.93. The number of hydrogen-bond acceptors (Lipinski definition) is 8. The number of esters is 1. The van der Waals surface area contributed by atoms with Crippen molar-refractivity contribution in [1.82, 2.24) is 0 Å². The van der Waals surface area contributed by atoms with E-state index in [-0.39, 0.29) is 29.2 Å². The molecule has 2 atom stereocenters. The molecule has 8 heteroatoms. The largest absolute Gasteiger partial charge is 0.508 e. The first-order valence-corrected chi connectivity index (χ1v) is 9.06. The minimum Gasteiger partial charge on any atom is -0.508 e. The van der Waals surface area contributed by atoms with Crippen LogP contribution in [0.15, 0.2) is 54.6 Å². The van der Waals surface area contributed by atoms with Crippen molar-refractivity contribution in [2.75, 3.05) is 0 Å². The summed E-state index contributed by atoms with van der Waals surface area (Å²) in [6, 6.07) is 13.5. The van der Waals surface area contributed by atoms with Crippen LogP contribution in [0.25, 0.3) is 0 Å². The van der Waals surface area contributed by atoms with Gasteiger partial charge in [-0.05, 0) is 17.7 Å². The SMILES string of the molecule is O=C(O[C@H]1Cc2c(O)cc(O)cc2O[C@H]1c1ccccc1)c1cc(O)c(O)c(O)c1. The average molecular weight is 410 g/mol. The summed E-state index contributed by atoms with van der Waals surface area (Å²) in [5, 5.41) is 48.7. The van der Waals surface area contributed by atoms with Crippen LogP contribution in [0.2, 0.25) is 0 Å². The molecule has 0 bridgehead atoms. The zero-order valence-electron chi connectivity index (χ0n) is 15.5. The van der Waals surface area contributed by atoms with Crippen molar-refractivity contribution >= 4 is 5.97 Å². The van der Waals surface area contributed by atoms with Crippen molar-refractivity contribution in [3.63, 3.8) is 0 Å². The van der Waals surface area contributed by atoms with Crippen molar-refractivity contribution in [3.05, 3.63) is 71.3 Å². The quantitative estimate of drug-likeness (QED) is 0.328. The Labute approximate surface area is 170 Å². The van der Waals surface area contributed by atoms with E-state index in [1.165, 1.54) is 12.1 Å². The molecular weight excluding hydrogens is 392 g/mol. The van der Waals surface area contributed by atoms with Gasteiger partial charge in [0.15, 0.2) is 23.4 Å². The van der Waals surface area contributed by atoms with E-state index < -0.39 is 35.4 Å². The number of hydrogen-bond donors (Lipinski definition) is 5. The van der Waals surface area contributed by atoms with Gasteiger partial charge in [0.25, 0.3) is 0 Å². The highest BCUT2D eigenvalue weighted by atomic mass is 16.6. The topological polar surface area (TPSA) is 137 Å². The Balaban J connectivity index is 1.69. The lowest BCUT2D eigenvalue weighted by Gasteiger charge is -2.34. The van der Waals surface area contributed by atoms with Crippen LogP contribution in [0.3, 0.4) is 0 Å². The van der Waals surface area contributed by atoms with Crippen LogP contribution in [0, 0.1) is 0 Å². The maximum atomic E-state index is 12.7. The van der Waals surface area contributed by atoms with Gasteiger partial charge in [0, 0.05) is 24.1 Å². The fraction of sp³-hybridized carbons (Fsp3) is 0.136. The number of ether oxygens (including phenoxy) is 2. The first-order valence-electron chi connectivity index (χ1n) is 9.06. The molecule has 154 valence electrons. The van der Waals surface area contributed by atoms with Crippen LogP contribution in [-0.2, 0) is 11.2 Å². The van der Waals surface area contributed by atoms with Crippen molar-refractivity contribution in [2.24, 2.45) is 0 Å². The monoisotopic (exact) mass is 410 g/mol. The summed E-state index contributed by atoms with van der Waals surface area (Å²) in [5.41, 5.74) is 0.907. The predicted molar refractivity (Wildman–Crippen MR) is 104 cm³/mol. The van der Waals surface area contributed by atoms with E-state index in [0.717, 1.165) is 12.1 Å². The van der Waals surface area contributed by atoms with Crippen molar-refractivity contribution in [1.29, 1.82) is 0 Å². The molecule has 0 radical (unpaired) electrons. The summed E-state index contributed by atoms with van der Waals surface area (Å²) < 4.78 is 11.6. The molecular formula is C22H18O8. The van der Waals surface area contributed by atoms with Gasteiger partial charge >= 0.3 is 5.97 Å². The first kappa shape index (κ1) is 19.3. The Bertz CT molecular complexity index is 1090. The van der Waals surface area contributed by atoms with E-state index in [1.54, 1.807) is 24.3 Å². The van der Waals surface area contributed by atoms with Crippen molar-refractivity contribution in [3.8, 4) is 34.5 Å². The standard InChI is InChI=1S/C22H18O8/c23-13-8-15(24)14-10-19(21(29-18(14)9-13)11-4-2-1-3-5-11)30-22(28)12-6-16(25)20(27)17(26)7-12/h1-9,19,21,23-27H,10H2/t19-,21-/m0/s1. The van der Waals surface area contributed by atoms with Crippen LogP contribution < -0.4 is 4.74 Å². The Morgan fingerprint density at radius 1 is 0.900 bits per heavy atom. The molecule has 3 aromatic rings. The number of phenols is 5. The molecule has 0 aliphatic carbocycles. The van der Waals surface area contributed by atoms with Gasteiger partial charge < -0.3 is 35.0 Å². The van der Waals surface area contributed by atoms with Crippen molar-refractivity contribution < 1.29 is 39.8 Å². The summed E-state index contributed by atoms with van der Waals surface area (Å²) in [4.78, 5) is 12.7. The lowest BCUT2D eigenvalue weighted by Crippen LogP contribution is -2.34. The number of phenolic OH excluding ortho intramolecular Hbond substituents is 5. The van der Waals surface area contributed by atoms with Crippen LogP contribution in [0.4, 0.5) is 0 Å². The zero-order valence-corrected chi connectivity index (χ0v) is 15.5. The molecule has 0 spiro atoms. The molecule has 0 unspecified atom stereocenters. The van der Waals surface area contributed by atoms with E-state index >= 15 is 0 Å². The summed E-state index contributed by atoms with van der Waals surface area (Å²) in [5.74, 6) is -3.03. The molecule has 8 nitrogen and oxygen atoms in total. The second kappa shape index (κ2) is 7.40.